The largest absolute Gasteiger partial charge is 0.324 e. The fourth-order valence-corrected chi connectivity index (χ4v) is 3.37. The molecule has 6 heteroatoms. The average molecular weight is 408 g/mol. The molecule has 1 heterocycles. The molecule has 0 saturated carbocycles. The van der Waals surface area contributed by atoms with E-state index >= 15 is 0 Å². The minimum absolute atomic E-state index is 0.329. The van der Waals surface area contributed by atoms with Gasteiger partial charge < -0.3 is 5.73 Å². The molecule has 3 rings (SSSR count). The number of nitrogens with two attached hydrogens (primary N) is 1. The van der Waals surface area contributed by atoms with E-state index in [0.29, 0.717) is 6.54 Å². The lowest BCUT2D eigenvalue weighted by atomic mass is 10.2. The minimum Gasteiger partial charge on any atom is -0.324 e. The number of hydrogen-bond donors (Lipinski definition) is 1. The molecule has 0 aliphatic carbocycles. The van der Waals surface area contributed by atoms with Crippen molar-refractivity contribution in [2.45, 2.75) is 6.54 Å². The van der Waals surface area contributed by atoms with Gasteiger partial charge in [-0.05, 0) is 46.3 Å². The summed E-state index contributed by atoms with van der Waals surface area (Å²) >= 11 is 7.04. The van der Waals surface area contributed by atoms with E-state index in [0.717, 1.165) is 31.8 Å². The van der Waals surface area contributed by atoms with Crippen molar-refractivity contribution >= 4 is 31.9 Å². The number of para-hydroxylation sites is 1. The third kappa shape index (κ3) is 2.79. The van der Waals surface area contributed by atoms with Crippen LogP contribution in [-0.4, -0.2) is 14.8 Å². The normalized spacial score (nSPS) is 10.8. The first-order valence-electron chi connectivity index (χ1n) is 6.36. The first kappa shape index (κ1) is 14.4. The van der Waals surface area contributed by atoms with Gasteiger partial charge >= 0.3 is 0 Å². The quantitative estimate of drug-likeness (QED) is 0.715. The van der Waals surface area contributed by atoms with Gasteiger partial charge in [-0.15, -0.1) is 10.2 Å². The number of benzene rings is 2. The van der Waals surface area contributed by atoms with E-state index in [2.05, 4.69) is 42.1 Å². The van der Waals surface area contributed by atoms with Crippen LogP contribution in [0.15, 0.2) is 57.5 Å². The van der Waals surface area contributed by atoms with Crippen molar-refractivity contribution in [3.8, 4) is 17.1 Å². The molecule has 2 N–H and O–H groups in total. The highest BCUT2D eigenvalue weighted by atomic mass is 79.9. The van der Waals surface area contributed by atoms with Gasteiger partial charge in [0.2, 0.25) is 0 Å². The fourth-order valence-electron chi connectivity index (χ4n) is 2.14. The fraction of sp³-hybridized carbons (Fsp3) is 0.0667. The molecule has 0 aliphatic heterocycles. The summed E-state index contributed by atoms with van der Waals surface area (Å²) in [4.78, 5) is 0. The van der Waals surface area contributed by atoms with Crippen LogP contribution in [0.4, 0.5) is 0 Å². The van der Waals surface area contributed by atoms with Crippen LogP contribution < -0.4 is 5.73 Å². The molecule has 1 aromatic heterocycles. The zero-order chi connectivity index (χ0) is 14.8. The number of rotatable bonds is 3. The molecule has 3 aromatic rings. The Morgan fingerprint density at radius 3 is 2.43 bits per heavy atom. The van der Waals surface area contributed by atoms with Crippen LogP contribution >= 0.6 is 31.9 Å². The monoisotopic (exact) mass is 406 g/mol. The standard InChI is InChI=1S/C15H12Br2N4/c16-10-6-7-12(13(17)8-10)15-20-19-14(9-18)21(15)11-4-2-1-3-5-11/h1-8H,9,18H2. The summed E-state index contributed by atoms with van der Waals surface area (Å²) < 4.78 is 3.93. The maximum absolute atomic E-state index is 5.80. The third-order valence-corrected chi connectivity index (χ3v) is 4.25. The Kier molecular flexibility index (Phi) is 4.19. The van der Waals surface area contributed by atoms with Crippen LogP contribution in [-0.2, 0) is 6.54 Å². The molecule has 4 nitrogen and oxygen atoms in total. The summed E-state index contributed by atoms with van der Waals surface area (Å²) in [5.41, 5.74) is 7.76. The predicted molar refractivity (Wildman–Crippen MR) is 90.1 cm³/mol. The van der Waals surface area contributed by atoms with Gasteiger partial charge in [-0.3, -0.25) is 4.57 Å². The van der Waals surface area contributed by atoms with Crippen molar-refractivity contribution in [2.24, 2.45) is 5.73 Å². The van der Waals surface area contributed by atoms with E-state index in [1.54, 1.807) is 0 Å². The Morgan fingerprint density at radius 2 is 1.76 bits per heavy atom. The van der Waals surface area contributed by atoms with Crippen molar-refractivity contribution in [3.63, 3.8) is 0 Å². The van der Waals surface area contributed by atoms with Gasteiger partial charge in [-0.25, -0.2) is 0 Å². The van der Waals surface area contributed by atoms with Gasteiger partial charge in [-0.2, -0.15) is 0 Å². The second kappa shape index (κ2) is 6.09. The van der Waals surface area contributed by atoms with E-state index in [1.165, 1.54) is 0 Å². The molecule has 0 bridgehead atoms. The molecular weight excluding hydrogens is 396 g/mol. The predicted octanol–water partition coefficient (Wildman–Crippen LogP) is 3.92. The lowest BCUT2D eigenvalue weighted by Gasteiger charge is -2.10. The van der Waals surface area contributed by atoms with Gasteiger partial charge in [-0.1, -0.05) is 34.1 Å². The summed E-state index contributed by atoms with van der Waals surface area (Å²) in [5, 5.41) is 8.52. The Bertz CT molecular complexity index is 769. The Hall–Kier alpha value is -1.50. The Morgan fingerprint density at radius 1 is 1.00 bits per heavy atom. The molecule has 0 atom stereocenters. The summed E-state index contributed by atoms with van der Waals surface area (Å²) in [6.07, 6.45) is 0. The highest BCUT2D eigenvalue weighted by Gasteiger charge is 2.16. The van der Waals surface area contributed by atoms with Gasteiger partial charge in [0.15, 0.2) is 11.6 Å². The zero-order valence-corrected chi connectivity index (χ0v) is 14.2. The van der Waals surface area contributed by atoms with Gasteiger partial charge in [0.25, 0.3) is 0 Å². The zero-order valence-electron chi connectivity index (χ0n) is 11.0. The van der Waals surface area contributed by atoms with Crippen molar-refractivity contribution in [2.75, 3.05) is 0 Å². The molecule has 0 unspecified atom stereocenters. The molecule has 0 spiro atoms. The van der Waals surface area contributed by atoms with Crippen LogP contribution in [0.1, 0.15) is 5.82 Å². The average Bonchev–Trinajstić information content (AvgIpc) is 2.92. The molecule has 2 aromatic carbocycles. The molecule has 0 fully saturated rings. The third-order valence-electron chi connectivity index (χ3n) is 3.10. The Labute approximate surface area is 139 Å². The van der Waals surface area contributed by atoms with Crippen LogP contribution in [0.3, 0.4) is 0 Å². The lowest BCUT2D eigenvalue weighted by Crippen LogP contribution is -2.07. The van der Waals surface area contributed by atoms with E-state index in [9.17, 15) is 0 Å². The first-order valence-corrected chi connectivity index (χ1v) is 7.94. The maximum Gasteiger partial charge on any atom is 0.169 e. The number of halogens is 2. The molecule has 0 amide bonds. The smallest absolute Gasteiger partial charge is 0.169 e. The molecule has 0 aliphatic rings. The van der Waals surface area contributed by atoms with Crippen molar-refractivity contribution < 1.29 is 0 Å². The lowest BCUT2D eigenvalue weighted by molar-refractivity contribution is 0.861. The van der Waals surface area contributed by atoms with Crippen LogP contribution in [0.25, 0.3) is 17.1 Å². The summed E-state index contributed by atoms with van der Waals surface area (Å²) in [7, 11) is 0. The van der Waals surface area contributed by atoms with Gasteiger partial charge in [0, 0.05) is 20.2 Å². The van der Waals surface area contributed by atoms with E-state index in [1.807, 2.05) is 53.1 Å². The maximum atomic E-state index is 5.80. The highest BCUT2D eigenvalue weighted by Crippen LogP contribution is 2.31. The molecule has 106 valence electrons. The molecular formula is C15H12Br2N4. The highest BCUT2D eigenvalue weighted by molar-refractivity contribution is 9.11. The van der Waals surface area contributed by atoms with Gasteiger partial charge in [0.05, 0.1) is 6.54 Å². The molecule has 0 saturated heterocycles. The minimum atomic E-state index is 0.329. The van der Waals surface area contributed by atoms with Crippen LogP contribution in [0, 0.1) is 0 Å². The SMILES string of the molecule is NCc1nnc(-c2ccc(Br)cc2Br)n1-c1ccccc1. The van der Waals surface area contributed by atoms with Crippen LogP contribution in [0.2, 0.25) is 0 Å². The van der Waals surface area contributed by atoms with Crippen molar-refractivity contribution in [1.82, 2.24) is 14.8 Å². The van der Waals surface area contributed by atoms with Crippen LogP contribution in [0.5, 0.6) is 0 Å². The summed E-state index contributed by atoms with van der Waals surface area (Å²) in [6.45, 7) is 0.329. The second-order valence-electron chi connectivity index (χ2n) is 4.44. The van der Waals surface area contributed by atoms with Crippen molar-refractivity contribution in [1.29, 1.82) is 0 Å². The number of nitrogens with zero attached hydrogens (tertiary/aromatic N) is 3. The molecule has 0 radical (unpaired) electrons. The van der Waals surface area contributed by atoms with Gasteiger partial charge in [0.1, 0.15) is 0 Å². The Balaban J connectivity index is 2.22. The van der Waals surface area contributed by atoms with E-state index in [4.69, 9.17) is 5.73 Å². The second-order valence-corrected chi connectivity index (χ2v) is 6.21. The summed E-state index contributed by atoms with van der Waals surface area (Å²) in [6, 6.07) is 15.9. The number of aromatic nitrogens is 3. The molecule has 21 heavy (non-hydrogen) atoms. The van der Waals surface area contributed by atoms with Crippen molar-refractivity contribution in [3.05, 3.63) is 63.3 Å². The van der Waals surface area contributed by atoms with E-state index in [-0.39, 0.29) is 0 Å². The summed E-state index contributed by atoms with van der Waals surface area (Å²) in [5.74, 6) is 1.49. The number of hydrogen-bond acceptors (Lipinski definition) is 3. The first-order chi connectivity index (χ1) is 10.2. The topological polar surface area (TPSA) is 56.7 Å². The van der Waals surface area contributed by atoms with E-state index < -0.39 is 0 Å².